The third-order valence-corrected chi connectivity index (χ3v) is 13.1. The second kappa shape index (κ2) is 32.4. The van der Waals surface area contributed by atoms with E-state index in [1.54, 1.807) is 56.6 Å². The van der Waals surface area contributed by atoms with Crippen molar-refractivity contribution < 1.29 is 71.5 Å². The molecule has 2 aromatic carbocycles. The molecule has 0 atom stereocenters. The second-order valence-electron chi connectivity index (χ2n) is 19.2. The first-order valence-corrected chi connectivity index (χ1v) is 28.1. The van der Waals surface area contributed by atoms with Gasteiger partial charge in [-0.05, 0) is 70.5 Å². The highest BCUT2D eigenvalue weighted by atomic mass is 16.6. The number of amides is 7. The minimum Gasteiger partial charge on any atom is -0.494 e. The molecule has 29 heteroatoms. The van der Waals surface area contributed by atoms with Gasteiger partial charge in [0.2, 0.25) is 29.6 Å². The van der Waals surface area contributed by atoms with Crippen LogP contribution in [0.4, 0.5) is 11.9 Å². The number of aromatic nitrogens is 8. The first kappa shape index (κ1) is 64.7. The molecular weight excluding hydrogens is 1120 g/mol. The minimum absolute atomic E-state index is 0.0848. The summed E-state index contributed by atoms with van der Waals surface area (Å²) in [6.07, 6.45) is 6.58. The summed E-state index contributed by atoms with van der Waals surface area (Å²) in [4.78, 5) is 99.0. The summed E-state index contributed by atoms with van der Waals surface area (Å²) in [5.74, 6) is -2.51. The summed E-state index contributed by atoms with van der Waals surface area (Å²) < 4.78 is 51.6. The lowest BCUT2D eigenvalue weighted by atomic mass is 10.1. The van der Waals surface area contributed by atoms with E-state index in [1.165, 1.54) is 43.5 Å². The van der Waals surface area contributed by atoms with Crippen LogP contribution in [-0.4, -0.2) is 191 Å². The summed E-state index contributed by atoms with van der Waals surface area (Å²) in [7, 11) is 1.44. The maximum atomic E-state index is 13.9. The number of primary amides is 2. The molecule has 4 aromatic heterocycles. The van der Waals surface area contributed by atoms with E-state index in [0.29, 0.717) is 124 Å². The Kier molecular flexibility index (Phi) is 24.4. The Bertz CT molecular complexity index is 3400. The van der Waals surface area contributed by atoms with E-state index in [0.717, 1.165) is 4.90 Å². The van der Waals surface area contributed by atoms with Gasteiger partial charge in [-0.25, -0.2) is 9.97 Å². The Hall–Kier alpha value is -8.87. The number of allylic oxidation sites excluding steroid dienone is 2. The lowest BCUT2D eigenvalue weighted by Gasteiger charge is -2.13. The fourth-order valence-corrected chi connectivity index (χ4v) is 8.93. The molecule has 0 aliphatic carbocycles. The van der Waals surface area contributed by atoms with Gasteiger partial charge in [-0.1, -0.05) is 12.2 Å². The summed E-state index contributed by atoms with van der Waals surface area (Å²) in [6, 6.07) is 9.34. The predicted octanol–water partition coefficient (Wildman–Crippen LogP) is 2.70. The second-order valence-corrected chi connectivity index (χ2v) is 19.2. The first-order chi connectivity index (χ1) is 41.6. The molecule has 0 saturated carbocycles. The monoisotopic (exact) mass is 1190 g/mol. The van der Waals surface area contributed by atoms with Crippen LogP contribution in [0.2, 0.25) is 0 Å². The van der Waals surface area contributed by atoms with Gasteiger partial charge in [0.15, 0.2) is 0 Å². The van der Waals surface area contributed by atoms with E-state index >= 15 is 0 Å². The van der Waals surface area contributed by atoms with Crippen molar-refractivity contribution in [3.05, 3.63) is 94.6 Å². The number of nitrogens with two attached hydrogens (primary N) is 2. The number of hydrogen-bond acceptors (Lipinski definition) is 19. The number of nitrogens with zero attached hydrogens (tertiary/aromatic N) is 9. The normalized spacial score (nSPS) is 12.4. The van der Waals surface area contributed by atoms with Gasteiger partial charge in [0, 0.05) is 62.4 Å². The number of fused-ring (bicyclic) bond motifs is 2. The number of ether oxygens (including phenoxy) is 8. The van der Waals surface area contributed by atoms with Crippen LogP contribution in [0.15, 0.2) is 60.7 Å². The van der Waals surface area contributed by atoms with Gasteiger partial charge in [0.25, 0.3) is 23.6 Å². The average molecular weight is 1200 g/mol. The molecule has 5 heterocycles. The number of rotatable bonds is 39. The molecule has 7 amide bonds. The number of imidazole rings is 2. The van der Waals surface area contributed by atoms with Crippen LogP contribution in [0, 0.1) is 13.8 Å². The van der Waals surface area contributed by atoms with Gasteiger partial charge >= 0.3 is 0 Å². The van der Waals surface area contributed by atoms with Crippen LogP contribution in [-0.2, 0) is 69.0 Å². The molecular formula is C57H74N14O15. The van der Waals surface area contributed by atoms with Gasteiger partial charge in [-0.3, -0.25) is 58.5 Å². The molecule has 6 aromatic rings. The standard InChI is InChI=1S/C57H74N14O15/c1-6-70-43(31-37(3)65-70)54(77)63-56-61-41-33-39(52(58)75)35-45(79-5)50(41)68(56)15-8-9-16-69-51-42(62-57(69)64-55(78)44-32-38(4)66-71(44)7-2)34-40(53(59)76)36-46(51)86-18-10-14-60-47(72)13-19-80-21-23-82-25-27-84-29-30-85-28-26-83-24-22-81-20-17-67-48(73)11-12-49(67)74/h8-9,11-12,31-36H,6-7,10,13-30H2,1-5H3,(H2,58,75)(H2,59,76)(H,60,72)(H,61,63,77)(H,62,64,78)/b9-8+. The van der Waals surface area contributed by atoms with Crippen molar-refractivity contribution in [1.82, 2.24) is 48.9 Å². The van der Waals surface area contributed by atoms with Crippen molar-refractivity contribution >= 4 is 75.3 Å². The van der Waals surface area contributed by atoms with E-state index in [1.807, 2.05) is 13.8 Å². The zero-order chi connectivity index (χ0) is 61.5. The SMILES string of the molecule is CCn1nc(C)cc1C(=O)Nc1nc2cc(C(N)=O)cc(OC)c2n1C/C=C/Cn1c(NC(=O)c2cc(C)nn2CC)nc2cc(C(N)=O)cc(OCCCNC(=O)CCOCCOCCOCCOCCOCCOCCN3C(=O)C=CC3=O)c21. The van der Waals surface area contributed by atoms with E-state index in [4.69, 9.17) is 59.3 Å². The Labute approximate surface area is 495 Å². The van der Waals surface area contributed by atoms with Gasteiger partial charge in [-0.2, -0.15) is 10.2 Å². The molecule has 0 saturated heterocycles. The summed E-state index contributed by atoms with van der Waals surface area (Å²) in [6.45, 7) is 12.9. The highest BCUT2D eigenvalue weighted by Gasteiger charge is 2.25. The van der Waals surface area contributed by atoms with Crippen molar-refractivity contribution in [2.75, 3.05) is 117 Å². The molecule has 7 N–H and O–H groups in total. The van der Waals surface area contributed by atoms with Crippen LogP contribution >= 0.6 is 0 Å². The van der Waals surface area contributed by atoms with Crippen LogP contribution in [0.3, 0.4) is 0 Å². The molecule has 0 fully saturated rings. The fourth-order valence-electron chi connectivity index (χ4n) is 8.93. The third kappa shape index (κ3) is 17.8. The zero-order valence-corrected chi connectivity index (χ0v) is 48.9. The Morgan fingerprint density at radius 1 is 0.570 bits per heavy atom. The van der Waals surface area contributed by atoms with Crippen LogP contribution in [0.5, 0.6) is 11.5 Å². The van der Waals surface area contributed by atoms with Crippen LogP contribution in [0.25, 0.3) is 22.1 Å². The number of benzene rings is 2. The Morgan fingerprint density at radius 2 is 1.00 bits per heavy atom. The van der Waals surface area contributed by atoms with Crippen LogP contribution in [0.1, 0.15) is 79.8 Å². The maximum absolute atomic E-state index is 13.9. The molecule has 86 heavy (non-hydrogen) atoms. The van der Waals surface area contributed by atoms with Crippen molar-refractivity contribution in [3.8, 4) is 11.5 Å². The molecule has 0 bridgehead atoms. The maximum Gasteiger partial charge on any atom is 0.276 e. The van der Waals surface area contributed by atoms with Gasteiger partial charge in [0.1, 0.15) is 33.9 Å². The predicted molar refractivity (Wildman–Crippen MR) is 312 cm³/mol. The first-order valence-electron chi connectivity index (χ1n) is 28.1. The third-order valence-electron chi connectivity index (χ3n) is 13.1. The number of nitrogens with one attached hydrogen (secondary N) is 3. The molecule has 0 unspecified atom stereocenters. The molecule has 7 rings (SSSR count). The van der Waals surface area contributed by atoms with Gasteiger partial charge in [0.05, 0.1) is 122 Å². The van der Waals surface area contributed by atoms with Gasteiger partial charge < -0.3 is 63.8 Å². The topological polar surface area (TPSA) is 356 Å². The molecule has 1 aliphatic heterocycles. The lowest BCUT2D eigenvalue weighted by molar-refractivity contribution is -0.137. The smallest absolute Gasteiger partial charge is 0.276 e. The Balaban J connectivity index is 0.894. The number of imide groups is 1. The average Bonchev–Trinajstić information content (AvgIpc) is 1.78. The van der Waals surface area contributed by atoms with Crippen LogP contribution < -0.4 is 36.9 Å². The number of carbonyl (C=O) groups excluding carboxylic acids is 7. The lowest BCUT2D eigenvalue weighted by Crippen LogP contribution is -2.33. The largest absolute Gasteiger partial charge is 0.494 e. The quantitative estimate of drug-likeness (QED) is 0.0210. The summed E-state index contributed by atoms with van der Waals surface area (Å²) in [5.41, 5.74) is 15.1. The van der Waals surface area contributed by atoms with Crippen molar-refractivity contribution in [2.24, 2.45) is 11.5 Å². The number of carbonyl (C=O) groups is 7. The highest BCUT2D eigenvalue weighted by Crippen LogP contribution is 2.33. The van der Waals surface area contributed by atoms with Crippen molar-refractivity contribution in [1.29, 1.82) is 0 Å². The zero-order valence-electron chi connectivity index (χ0n) is 48.9. The molecule has 462 valence electrons. The number of aryl methyl sites for hydroxylation is 4. The Morgan fingerprint density at radius 3 is 1.44 bits per heavy atom. The van der Waals surface area contributed by atoms with Gasteiger partial charge in [-0.15, -0.1) is 0 Å². The molecule has 0 radical (unpaired) electrons. The van der Waals surface area contributed by atoms with E-state index in [9.17, 15) is 33.6 Å². The summed E-state index contributed by atoms with van der Waals surface area (Å²) >= 11 is 0. The minimum atomic E-state index is -0.736. The van der Waals surface area contributed by atoms with Crippen molar-refractivity contribution in [3.63, 3.8) is 0 Å². The van der Waals surface area contributed by atoms with E-state index in [2.05, 4.69) is 26.1 Å². The number of methoxy groups -OCH3 is 1. The van der Waals surface area contributed by atoms with Crippen molar-refractivity contribution in [2.45, 2.75) is 66.7 Å². The van der Waals surface area contributed by atoms with E-state index in [-0.39, 0.29) is 111 Å². The number of hydrogen-bond donors (Lipinski definition) is 5. The summed E-state index contributed by atoms with van der Waals surface area (Å²) in [5, 5.41) is 17.5. The van der Waals surface area contributed by atoms with E-state index < -0.39 is 23.6 Å². The molecule has 29 nitrogen and oxygen atoms in total. The number of anilines is 2. The fraction of sp³-hybridized carbons (Fsp3) is 0.456. The highest BCUT2D eigenvalue weighted by molar-refractivity contribution is 6.13. The molecule has 0 spiro atoms. The molecule has 1 aliphatic rings.